The number of hydrogen-bond donors (Lipinski definition) is 0. The SMILES string of the molecule is Cc1ccc(Oc2ccc(CCl)c(C(F)(F)F)c2)cc1. The van der Waals surface area contributed by atoms with Crippen molar-refractivity contribution >= 4 is 11.6 Å². The van der Waals surface area contributed by atoms with Crippen molar-refractivity contribution in [1.82, 2.24) is 0 Å². The molecule has 1 nitrogen and oxygen atoms in total. The first kappa shape index (κ1) is 14.7. The molecule has 2 rings (SSSR count). The molecule has 106 valence electrons. The molecule has 20 heavy (non-hydrogen) atoms. The molecule has 0 amide bonds. The average Bonchev–Trinajstić information content (AvgIpc) is 2.40. The topological polar surface area (TPSA) is 9.23 Å². The zero-order valence-corrected chi connectivity index (χ0v) is 11.4. The van der Waals surface area contributed by atoms with Gasteiger partial charge in [0.1, 0.15) is 11.5 Å². The molecule has 0 saturated carbocycles. The number of alkyl halides is 4. The summed E-state index contributed by atoms with van der Waals surface area (Å²) in [4.78, 5) is 0. The van der Waals surface area contributed by atoms with Gasteiger partial charge in [-0.3, -0.25) is 0 Å². The van der Waals surface area contributed by atoms with Crippen LogP contribution in [0.1, 0.15) is 16.7 Å². The Labute approximate surface area is 119 Å². The third kappa shape index (κ3) is 3.45. The van der Waals surface area contributed by atoms with Crippen molar-refractivity contribution in [3.8, 4) is 11.5 Å². The summed E-state index contributed by atoms with van der Waals surface area (Å²) in [5.41, 5.74) is 0.318. The van der Waals surface area contributed by atoms with Crippen LogP contribution in [0.4, 0.5) is 13.2 Å². The summed E-state index contributed by atoms with van der Waals surface area (Å²) in [5, 5.41) is 0. The molecule has 0 fully saturated rings. The maximum atomic E-state index is 12.9. The van der Waals surface area contributed by atoms with Crippen molar-refractivity contribution < 1.29 is 17.9 Å². The van der Waals surface area contributed by atoms with Crippen LogP contribution in [0.25, 0.3) is 0 Å². The van der Waals surface area contributed by atoms with Crippen LogP contribution in [-0.4, -0.2) is 0 Å². The Hall–Kier alpha value is -1.68. The first-order valence-corrected chi connectivity index (χ1v) is 6.44. The molecule has 0 heterocycles. The predicted molar refractivity (Wildman–Crippen MR) is 72.3 cm³/mol. The standard InChI is InChI=1S/C15H12ClF3O/c1-10-2-5-12(6-3-10)20-13-7-4-11(9-16)14(8-13)15(17,18)19/h2-8H,9H2,1H3. The molecule has 0 spiro atoms. The van der Waals surface area contributed by atoms with Crippen LogP contribution in [-0.2, 0) is 12.1 Å². The van der Waals surface area contributed by atoms with Crippen molar-refractivity contribution in [2.24, 2.45) is 0 Å². The van der Waals surface area contributed by atoms with Gasteiger partial charge in [0.25, 0.3) is 0 Å². The molecule has 0 aliphatic rings. The highest BCUT2D eigenvalue weighted by atomic mass is 35.5. The molecule has 0 radical (unpaired) electrons. The highest BCUT2D eigenvalue weighted by Gasteiger charge is 2.33. The summed E-state index contributed by atoms with van der Waals surface area (Å²) < 4.78 is 44.1. The largest absolute Gasteiger partial charge is 0.457 e. The highest BCUT2D eigenvalue weighted by molar-refractivity contribution is 6.17. The number of rotatable bonds is 3. The summed E-state index contributed by atoms with van der Waals surface area (Å²) >= 11 is 5.53. The molecule has 0 aliphatic heterocycles. The first-order valence-electron chi connectivity index (χ1n) is 5.91. The molecule has 0 bridgehead atoms. The lowest BCUT2D eigenvalue weighted by Crippen LogP contribution is -2.08. The molecule has 0 N–H and O–H groups in total. The predicted octanol–water partition coefficient (Wildman–Crippen LogP) is 5.54. The van der Waals surface area contributed by atoms with E-state index >= 15 is 0 Å². The third-order valence-electron chi connectivity index (χ3n) is 2.79. The third-order valence-corrected chi connectivity index (χ3v) is 3.08. The first-order chi connectivity index (χ1) is 9.40. The van der Waals surface area contributed by atoms with Gasteiger partial charge in [-0.2, -0.15) is 13.2 Å². The summed E-state index contributed by atoms with van der Waals surface area (Å²) in [6, 6.07) is 10.8. The maximum Gasteiger partial charge on any atom is 0.416 e. The molecule has 2 aromatic carbocycles. The molecule has 0 saturated heterocycles. The van der Waals surface area contributed by atoms with E-state index in [9.17, 15) is 13.2 Å². The monoisotopic (exact) mass is 300 g/mol. The number of ether oxygens (including phenoxy) is 1. The van der Waals surface area contributed by atoms with E-state index in [1.54, 1.807) is 12.1 Å². The van der Waals surface area contributed by atoms with E-state index in [4.69, 9.17) is 16.3 Å². The van der Waals surface area contributed by atoms with Crippen LogP contribution in [0, 0.1) is 6.92 Å². The van der Waals surface area contributed by atoms with Crippen LogP contribution in [0.2, 0.25) is 0 Å². The maximum absolute atomic E-state index is 12.9. The fraction of sp³-hybridized carbons (Fsp3) is 0.200. The Morgan fingerprint density at radius 1 is 1.00 bits per heavy atom. The molecule has 5 heteroatoms. The van der Waals surface area contributed by atoms with Gasteiger partial charge in [-0.25, -0.2) is 0 Å². The van der Waals surface area contributed by atoms with Gasteiger partial charge in [0, 0.05) is 5.88 Å². The van der Waals surface area contributed by atoms with Gasteiger partial charge in [-0.1, -0.05) is 23.8 Å². The second kappa shape index (κ2) is 5.75. The summed E-state index contributed by atoms with van der Waals surface area (Å²) in [6.45, 7) is 1.92. The summed E-state index contributed by atoms with van der Waals surface area (Å²) in [7, 11) is 0. The fourth-order valence-corrected chi connectivity index (χ4v) is 1.97. The Morgan fingerprint density at radius 3 is 2.15 bits per heavy atom. The van der Waals surface area contributed by atoms with Crippen molar-refractivity contribution in [1.29, 1.82) is 0 Å². The Bertz CT molecular complexity index is 591. The Morgan fingerprint density at radius 2 is 1.60 bits per heavy atom. The van der Waals surface area contributed by atoms with Crippen LogP contribution in [0.3, 0.4) is 0 Å². The van der Waals surface area contributed by atoms with E-state index in [1.807, 2.05) is 19.1 Å². The van der Waals surface area contributed by atoms with Gasteiger partial charge < -0.3 is 4.74 Å². The molecular weight excluding hydrogens is 289 g/mol. The van der Waals surface area contributed by atoms with E-state index in [0.29, 0.717) is 5.75 Å². The van der Waals surface area contributed by atoms with Gasteiger partial charge >= 0.3 is 6.18 Å². The lowest BCUT2D eigenvalue weighted by Gasteiger charge is -2.13. The highest BCUT2D eigenvalue weighted by Crippen LogP contribution is 2.36. The van der Waals surface area contributed by atoms with Crippen LogP contribution >= 0.6 is 11.6 Å². The normalized spacial score (nSPS) is 11.4. The van der Waals surface area contributed by atoms with Crippen LogP contribution in [0.15, 0.2) is 42.5 Å². The molecule has 0 atom stereocenters. The number of halogens is 4. The van der Waals surface area contributed by atoms with Crippen molar-refractivity contribution in [3.63, 3.8) is 0 Å². The minimum absolute atomic E-state index is 0.0374. The van der Waals surface area contributed by atoms with Crippen LogP contribution in [0.5, 0.6) is 11.5 Å². The molecular formula is C15H12ClF3O. The number of aryl methyl sites for hydroxylation is 1. The number of benzene rings is 2. The Balaban J connectivity index is 2.31. The van der Waals surface area contributed by atoms with E-state index in [0.717, 1.165) is 11.6 Å². The minimum Gasteiger partial charge on any atom is -0.457 e. The molecule has 0 aliphatic carbocycles. The smallest absolute Gasteiger partial charge is 0.416 e. The van der Waals surface area contributed by atoms with E-state index in [-0.39, 0.29) is 17.2 Å². The van der Waals surface area contributed by atoms with Crippen molar-refractivity contribution in [2.45, 2.75) is 19.0 Å². The lowest BCUT2D eigenvalue weighted by atomic mass is 10.1. The lowest BCUT2D eigenvalue weighted by molar-refractivity contribution is -0.138. The van der Waals surface area contributed by atoms with E-state index in [2.05, 4.69) is 0 Å². The quantitative estimate of drug-likeness (QED) is 0.676. The summed E-state index contributed by atoms with van der Waals surface area (Å²) in [5.74, 6) is 0.428. The van der Waals surface area contributed by atoms with Gasteiger partial charge in [0.2, 0.25) is 0 Å². The zero-order chi connectivity index (χ0) is 14.8. The van der Waals surface area contributed by atoms with Crippen molar-refractivity contribution in [3.05, 3.63) is 59.2 Å². The Kier molecular flexibility index (Phi) is 4.23. The van der Waals surface area contributed by atoms with E-state index in [1.165, 1.54) is 12.1 Å². The summed E-state index contributed by atoms with van der Waals surface area (Å²) in [6.07, 6.45) is -4.45. The average molecular weight is 301 g/mol. The minimum atomic E-state index is -4.45. The second-order valence-electron chi connectivity index (χ2n) is 4.37. The zero-order valence-electron chi connectivity index (χ0n) is 10.7. The van der Waals surface area contributed by atoms with Crippen LogP contribution < -0.4 is 4.74 Å². The van der Waals surface area contributed by atoms with Gasteiger partial charge in [-0.05, 0) is 36.8 Å². The fourth-order valence-electron chi connectivity index (χ4n) is 1.74. The van der Waals surface area contributed by atoms with Gasteiger partial charge in [0.15, 0.2) is 0 Å². The van der Waals surface area contributed by atoms with Crippen molar-refractivity contribution in [2.75, 3.05) is 0 Å². The molecule has 0 aromatic heterocycles. The van der Waals surface area contributed by atoms with Gasteiger partial charge in [-0.15, -0.1) is 11.6 Å². The van der Waals surface area contributed by atoms with Gasteiger partial charge in [0.05, 0.1) is 5.56 Å². The molecule has 0 unspecified atom stereocenters. The number of hydrogen-bond acceptors (Lipinski definition) is 1. The molecule has 2 aromatic rings. The second-order valence-corrected chi connectivity index (χ2v) is 4.63. The van der Waals surface area contributed by atoms with E-state index < -0.39 is 11.7 Å².